The molecule has 0 aliphatic carbocycles. The van der Waals surface area contributed by atoms with E-state index in [9.17, 15) is 4.79 Å². The van der Waals surface area contributed by atoms with Crippen molar-refractivity contribution in [2.45, 2.75) is 90.5 Å². The number of primary amides is 1. The molecule has 6 nitrogen and oxygen atoms in total. The molecule has 6 heteroatoms. The van der Waals surface area contributed by atoms with Crippen molar-refractivity contribution in [3.63, 3.8) is 0 Å². The lowest BCUT2D eigenvalue weighted by Gasteiger charge is -2.37. The largest absolute Gasteiger partial charge is 0.396 e. The number of rotatable bonds is 15. The number of aliphatic hydroxyl groups is 1. The van der Waals surface area contributed by atoms with Gasteiger partial charge >= 0.3 is 0 Å². The van der Waals surface area contributed by atoms with Gasteiger partial charge in [-0.1, -0.05) is 51.4 Å². The van der Waals surface area contributed by atoms with E-state index in [0.29, 0.717) is 18.2 Å². The number of aromatic nitrogens is 1. The Morgan fingerprint density at radius 2 is 1.52 bits per heavy atom. The Hall–Kier alpha value is -1.66. The minimum atomic E-state index is -0.375. The average Bonchev–Trinajstić information content (AvgIpc) is 2.77. The molecular weight excluding hydrogens is 388 g/mol. The molecule has 0 atom stereocenters. The quantitative estimate of drug-likeness (QED) is 0.407. The van der Waals surface area contributed by atoms with Crippen molar-refractivity contribution in [2.75, 3.05) is 37.7 Å². The van der Waals surface area contributed by atoms with Crippen molar-refractivity contribution in [3.05, 3.63) is 23.4 Å². The minimum absolute atomic E-state index is 0.325. The molecule has 31 heavy (non-hydrogen) atoms. The minimum Gasteiger partial charge on any atom is -0.396 e. The van der Waals surface area contributed by atoms with E-state index in [4.69, 9.17) is 10.8 Å². The van der Waals surface area contributed by atoms with Gasteiger partial charge in [0.05, 0.1) is 5.56 Å². The summed E-state index contributed by atoms with van der Waals surface area (Å²) >= 11 is 0. The van der Waals surface area contributed by atoms with Crippen LogP contribution in [0.5, 0.6) is 0 Å². The van der Waals surface area contributed by atoms with E-state index >= 15 is 0 Å². The molecule has 3 N–H and O–H groups in total. The lowest BCUT2D eigenvalue weighted by atomic mass is 10.0. The highest BCUT2D eigenvalue weighted by molar-refractivity contribution is 5.94. The van der Waals surface area contributed by atoms with E-state index in [2.05, 4.69) is 34.7 Å². The highest BCUT2D eigenvalue weighted by Crippen LogP contribution is 2.21. The Balaban J connectivity index is 1.74. The zero-order valence-corrected chi connectivity index (χ0v) is 19.8. The molecule has 0 bridgehead atoms. The van der Waals surface area contributed by atoms with Gasteiger partial charge in [0.25, 0.3) is 5.91 Å². The van der Waals surface area contributed by atoms with Crippen LogP contribution < -0.4 is 10.6 Å². The van der Waals surface area contributed by atoms with Gasteiger partial charge in [-0.15, -0.1) is 0 Å². The molecule has 1 amide bonds. The van der Waals surface area contributed by atoms with Gasteiger partial charge in [0.2, 0.25) is 0 Å². The summed E-state index contributed by atoms with van der Waals surface area (Å²) < 4.78 is 0. The first-order valence-electron chi connectivity index (χ1n) is 12.4. The first-order chi connectivity index (χ1) is 15.0. The van der Waals surface area contributed by atoms with E-state index in [-0.39, 0.29) is 5.91 Å². The number of anilines is 1. The molecule has 1 saturated heterocycles. The van der Waals surface area contributed by atoms with Crippen molar-refractivity contribution in [3.8, 4) is 0 Å². The lowest BCUT2D eigenvalue weighted by molar-refractivity contribution is 0.0999. The number of hydrogen-bond donors (Lipinski definition) is 2. The fourth-order valence-corrected chi connectivity index (χ4v) is 4.39. The molecule has 0 spiro atoms. The molecule has 2 rings (SSSR count). The Bertz CT molecular complexity index is 642. The zero-order valence-electron chi connectivity index (χ0n) is 19.8. The van der Waals surface area contributed by atoms with Crippen LogP contribution in [0.1, 0.15) is 94.0 Å². The van der Waals surface area contributed by atoms with Gasteiger partial charge in [-0.25, -0.2) is 4.98 Å². The third-order valence-corrected chi connectivity index (χ3v) is 6.46. The summed E-state index contributed by atoms with van der Waals surface area (Å²) in [5.41, 5.74) is 7.24. The molecule has 0 saturated carbocycles. The van der Waals surface area contributed by atoms with E-state index in [0.717, 1.165) is 63.2 Å². The second-order valence-electron chi connectivity index (χ2n) is 9.19. The van der Waals surface area contributed by atoms with Crippen molar-refractivity contribution in [1.29, 1.82) is 0 Å². The van der Waals surface area contributed by atoms with Crippen LogP contribution in [0.2, 0.25) is 0 Å². The third kappa shape index (κ3) is 9.16. The van der Waals surface area contributed by atoms with Crippen molar-refractivity contribution in [1.82, 2.24) is 9.88 Å². The van der Waals surface area contributed by atoms with Gasteiger partial charge in [-0.05, 0) is 44.7 Å². The fourth-order valence-electron chi connectivity index (χ4n) is 4.39. The second kappa shape index (κ2) is 14.4. The Labute approximate surface area is 189 Å². The van der Waals surface area contributed by atoms with Crippen molar-refractivity contribution >= 4 is 11.7 Å². The molecule has 1 aliphatic rings. The van der Waals surface area contributed by atoms with Crippen LogP contribution in [0, 0.1) is 0 Å². The normalized spacial score (nSPS) is 15.0. The first-order valence-corrected chi connectivity index (χ1v) is 12.4. The van der Waals surface area contributed by atoms with Crippen molar-refractivity contribution < 1.29 is 9.90 Å². The summed E-state index contributed by atoms with van der Waals surface area (Å²) in [6.45, 7) is 8.85. The highest BCUT2D eigenvalue weighted by atomic mass is 16.2. The van der Waals surface area contributed by atoms with Crippen LogP contribution in [0.4, 0.5) is 5.82 Å². The molecule has 1 fully saturated rings. The third-order valence-electron chi connectivity index (χ3n) is 6.46. The van der Waals surface area contributed by atoms with Crippen LogP contribution >= 0.6 is 0 Å². The number of hydrogen-bond acceptors (Lipinski definition) is 5. The van der Waals surface area contributed by atoms with Crippen LogP contribution in [0.3, 0.4) is 0 Å². The molecular formula is C25H44N4O2. The fraction of sp³-hybridized carbons (Fsp3) is 0.760. The molecule has 0 radical (unpaired) electrons. The number of carbonyl (C=O) groups is 1. The van der Waals surface area contributed by atoms with E-state index in [1.807, 2.05) is 0 Å². The van der Waals surface area contributed by atoms with Gasteiger partial charge < -0.3 is 15.7 Å². The van der Waals surface area contributed by atoms with Crippen LogP contribution in [-0.2, 0) is 6.42 Å². The number of pyridine rings is 1. The van der Waals surface area contributed by atoms with E-state index in [1.165, 1.54) is 44.9 Å². The summed E-state index contributed by atoms with van der Waals surface area (Å²) in [5, 5.41) is 8.80. The number of piperazine rings is 1. The lowest BCUT2D eigenvalue weighted by Crippen LogP contribution is -2.49. The Kier molecular flexibility index (Phi) is 11.9. The molecule has 0 unspecified atom stereocenters. The molecule has 176 valence electrons. The Morgan fingerprint density at radius 3 is 2.03 bits per heavy atom. The van der Waals surface area contributed by atoms with Crippen molar-refractivity contribution in [2.24, 2.45) is 5.73 Å². The first kappa shape index (κ1) is 25.6. The van der Waals surface area contributed by atoms with Crippen LogP contribution in [0.15, 0.2) is 12.3 Å². The number of aliphatic hydroxyl groups excluding tert-OH is 1. The molecule has 0 aromatic carbocycles. The second-order valence-corrected chi connectivity index (χ2v) is 9.19. The summed E-state index contributed by atoms with van der Waals surface area (Å²) in [6.07, 6.45) is 14.6. The van der Waals surface area contributed by atoms with Crippen LogP contribution in [0.25, 0.3) is 0 Å². The maximum absolute atomic E-state index is 11.9. The standard InChI is InChI=1S/C25H44N4O2/c1-21(2)28-14-16-29(17-15-28)24-19-22(23(20-27-24)25(26)31)13-11-9-7-5-3-4-6-8-10-12-18-30/h19-21,30H,3-18H2,1-2H3,(H2,26,31). The van der Waals surface area contributed by atoms with Gasteiger partial charge in [0, 0.05) is 45.0 Å². The highest BCUT2D eigenvalue weighted by Gasteiger charge is 2.21. The maximum atomic E-state index is 11.9. The van der Waals surface area contributed by atoms with Gasteiger partial charge in [-0.2, -0.15) is 0 Å². The summed E-state index contributed by atoms with van der Waals surface area (Å²) in [4.78, 5) is 21.2. The summed E-state index contributed by atoms with van der Waals surface area (Å²) in [5.74, 6) is 0.601. The van der Waals surface area contributed by atoms with Gasteiger partial charge in [0.1, 0.15) is 5.82 Å². The van der Waals surface area contributed by atoms with Crippen LogP contribution in [-0.4, -0.2) is 59.7 Å². The van der Waals surface area contributed by atoms with Gasteiger partial charge in [-0.3, -0.25) is 9.69 Å². The van der Waals surface area contributed by atoms with E-state index < -0.39 is 0 Å². The molecule has 1 aromatic rings. The zero-order chi connectivity index (χ0) is 22.5. The maximum Gasteiger partial charge on any atom is 0.250 e. The molecule has 2 heterocycles. The van der Waals surface area contributed by atoms with Gasteiger partial charge in [0.15, 0.2) is 0 Å². The number of aryl methyl sites for hydroxylation is 1. The SMILES string of the molecule is CC(C)N1CCN(c2cc(CCCCCCCCCCCCO)c(C(N)=O)cn2)CC1. The monoisotopic (exact) mass is 432 g/mol. The number of carbonyl (C=O) groups excluding carboxylic acids is 1. The Morgan fingerprint density at radius 1 is 0.968 bits per heavy atom. The smallest absolute Gasteiger partial charge is 0.250 e. The number of nitrogens with two attached hydrogens (primary N) is 1. The molecule has 1 aliphatic heterocycles. The molecule has 1 aromatic heterocycles. The summed E-state index contributed by atoms with van der Waals surface area (Å²) in [6, 6.07) is 2.67. The predicted molar refractivity (Wildman–Crippen MR) is 129 cm³/mol. The number of amides is 1. The predicted octanol–water partition coefficient (Wildman–Crippen LogP) is 4.15. The average molecular weight is 433 g/mol. The summed E-state index contributed by atoms with van der Waals surface area (Å²) in [7, 11) is 0. The number of unbranched alkanes of at least 4 members (excludes halogenated alkanes) is 9. The topological polar surface area (TPSA) is 82.7 Å². The van der Waals surface area contributed by atoms with E-state index in [1.54, 1.807) is 6.20 Å². The number of nitrogens with zero attached hydrogens (tertiary/aromatic N) is 3.